The molecule has 2 amide bonds. The zero-order valence-electron chi connectivity index (χ0n) is 17.6. The lowest BCUT2D eigenvalue weighted by molar-refractivity contribution is -0.142. The van der Waals surface area contributed by atoms with Crippen LogP contribution in [0.2, 0.25) is 5.02 Å². The molecule has 3 aromatic rings. The molecular formula is C25H24ClFN2O3. The van der Waals surface area contributed by atoms with Crippen LogP contribution in [0.1, 0.15) is 11.1 Å². The lowest BCUT2D eigenvalue weighted by Gasteiger charge is -2.31. The van der Waals surface area contributed by atoms with Crippen LogP contribution in [0.5, 0.6) is 5.75 Å². The van der Waals surface area contributed by atoms with Crippen LogP contribution in [-0.2, 0) is 22.6 Å². The molecule has 0 saturated heterocycles. The van der Waals surface area contributed by atoms with E-state index < -0.39 is 17.8 Å². The summed E-state index contributed by atoms with van der Waals surface area (Å²) < 4.78 is 18.7. The third-order valence-electron chi connectivity index (χ3n) is 4.99. The summed E-state index contributed by atoms with van der Waals surface area (Å²) in [6.45, 7) is -0.172. The fraction of sp³-hybridized carbons (Fsp3) is 0.200. The Labute approximate surface area is 191 Å². The molecule has 0 spiro atoms. The number of rotatable bonds is 9. The SMILES string of the molecule is CNC(=O)[C@@H](Cc1ccccc1)N(Cc1ccccc1Cl)C(=O)COc1ccc(F)cc1. The standard InChI is InChI=1S/C25H24ClFN2O3/c1-28-25(31)23(15-18-7-3-2-4-8-18)29(16-19-9-5-6-10-22(19)26)24(30)17-32-21-13-11-20(27)12-14-21/h2-14,23H,15-17H2,1H3,(H,28,31)/t23-/m1/s1. The molecule has 1 N–H and O–H groups in total. The second-order valence-corrected chi connectivity index (χ2v) is 7.58. The number of carbonyl (C=O) groups excluding carboxylic acids is 2. The van der Waals surface area contributed by atoms with Crippen LogP contribution < -0.4 is 10.1 Å². The van der Waals surface area contributed by atoms with E-state index in [-0.39, 0.29) is 19.1 Å². The number of likely N-dealkylation sites (N-methyl/N-ethyl adjacent to an activating group) is 1. The van der Waals surface area contributed by atoms with Crippen molar-refractivity contribution >= 4 is 23.4 Å². The number of ether oxygens (including phenoxy) is 1. The average molecular weight is 455 g/mol. The quantitative estimate of drug-likeness (QED) is 0.526. The van der Waals surface area contributed by atoms with E-state index in [9.17, 15) is 14.0 Å². The van der Waals surface area contributed by atoms with Gasteiger partial charge in [0.05, 0.1) is 0 Å². The fourth-order valence-electron chi connectivity index (χ4n) is 3.29. The summed E-state index contributed by atoms with van der Waals surface area (Å²) in [6, 6.07) is 21.3. The first-order valence-electron chi connectivity index (χ1n) is 10.1. The van der Waals surface area contributed by atoms with Crippen molar-refractivity contribution in [3.8, 4) is 5.75 Å². The summed E-state index contributed by atoms with van der Waals surface area (Å²) in [5.41, 5.74) is 1.63. The van der Waals surface area contributed by atoms with Gasteiger partial charge in [-0.2, -0.15) is 0 Å². The highest BCUT2D eigenvalue weighted by Gasteiger charge is 2.30. The van der Waals surface area contributed by atoms with E-state index >= 15 is 0 Å². The van der Waals surface area contributed by atoms with Gasteiger partial charge in [0, 0.05) is 25.0 Å². The van der Waals surface area contributed by atoms with Crippen LogP contribution in [-0.4, -0.2) is 36.4 Å². The van der Waals surface area contributed by atoms with Crippen LogP contribution in [0.25, 0.3) is 0 Å². The third-order valence-corrected chi connectivity index (χ3v) is 5.36. The lowest BCUT2D eigenvalue weighted by Crippen LogP contribution is -2.51. The van der Waals surface area contributed by atoms with Crippen LogP contribution in [0.3, 0.4) is 0 Å². The molecule has 0 saturated carbocycles. The third kappa shape index (κ3) is 6.31. The smallest absolute Gasteiger partial charge is 0.261 e. The summed E-state index contributed by atoms with van der Waals surface area (Å²) in [7, 11) is 1.54. The highest BCUT2D eigenvalue weighted by Crippen LogP contribution is 2.21. The molecule has 7 heteroatoms. The van der Waals surface area contributed by atoms with Crippen molar-refractivity contribution in [3.63, 3.8) is 0 Å². The van der Waals surface area contributed by atoms with Crippen LogP contribution in [0, 0.1) is 5.82 Å². The van der Waals surface area contributed by atoms with Gasteiger partial charge in [0.25, 0.3) is 5.91 Å². The zero-order chi connectivity index (χ0) is 22.9. The second kappa shape index (κ2) is 11.3. The van der Waals surface area contributed by atoms with E-state index in [1.54, 1.807) is 12.1 Å². The maximum absolute atomic E-state index is 13.3. The molecule has 32 heavy (non-hydrogen) atoms. The molecule has 1 atom stereocenters. The maximum atomic E-state index is 13.3. The van der Waals surface area contributed by atoms with Crippen molar-refractivity contribution in [2.75, 3.05) is 13.7 Å². The number of halogens is 2. The molecule has 0 heterocycles. The molecule has 0 aromatic heterocycles. The van der Waals surface area contributed by atoms with Gasteiger partial charge in [-0.25, -0.2) is 4.39 Å². The number of amides is 2. The Morgan fingerprint density at radius 3 is 2.31 bits per heavy atom. The predicted molar refractivity (Wildman–Crippen MR) is 122 cm³/mol. The molecule has 166 valence electrons. The van der Waals surface area contributed by atoms with E-state index in [1.165, 1.54) is 36.2 Å². The van der Waals surface area contributed by atoms with E-state index in [2.05, 4.69) is 5.32 Å². The molecule has 0 bridgehead atoms. The molecule has 0 aliphatic rings. The Kier molecular flexibility index (Phi) is 8.22. The van der Waals surface area contributed by atoms with Crippen LogP contribution >= 0.6 is 11.6 Å². The van der Waals surface area contributed by atoms with E-state index in [0.717, 1.165) is 5.56 Å². The van der Waals surface area contributed by atoms with Crippen molar-refractivity contribution in [1.29, 1.82) is 0 Å². The zero-order valence-corrected chi connectivity index (χ0v) is 18.4. The van der Waals surface area contributed by atoms with Gasteiger partial charge in [-0.3, -0.25) is 9.59 Å². The van der Waals surface area contributed by atoms with Gasteiger partial charge in [0.15, 0.2) is 6.61 Å². The number of hydrogen-bond acceptors (Lipinski definition) is 3. The minimum atomic E-state index is -0.775. The van der Waals surface area contributed by atoms with E-state index in [1.807, 2.05) is 42.5 Å². The average Bonchev–Trinajstić information content (AvgIpc) is 2.82. The van der Waals surface area contributed by atoms with Crippen molar-refractivity contribution in [2.24, 2.45) is 0 Å². The summed E-state index contributed by atoms with van der Waals surface area (Å²) in [5.74, 6) is -0.724. The van der Waals surface area contributed by atoms with E-state index in [4.69, 9.17) is 16.3 Å². The van der Waals surface area contributed by atoms with Gasteiger partial charge >= 0.3 is 0 Å². The highest BCUT2D eigenvalue weighted by atomic mass is 35.5. The van der Waals surface area contributed by atoms with Gasteiger partial charge in [0.2, 0.25) is 5.91 Å². The number of nitrogens with one attached hydrogen (secondary N) is 1. The first-order valence-corrected chi connectivity index (χ1v) is 10.5. The number of hydrogen-bond donors (Lipinski definition) is 1. The molecular weight excluding hydrogens is 431 g/mol. The predicted octanol–water partition coefficient (Wildman–Crippen LogP) is 4.24. The number of nitrogens with zero attached hydrogens (tertiary/aromatic N) is 1. The Hall–Kier alpha value is -3.38. The molecule has 3 aromatic carbocycles. The van der Waals surface area contributed by atoms with Gasteiger partial charge < -0.3 is 15.0 Å². The van der Waals surface area contributed by atoms with E-state index in [0.29, 0.717) is 22.8 Å². The molecule has 0 aliphatic heterocycles. The molecule has 0 unspecified atom stereocenters. The van der Waals surface area contributed by atoms with Crippen molar-refractivity contribution in [2.45, 2.75) is 19.0 Å². The van der Waals surface area contributed by atoms with Crippen molar-refractivity contribution < 1.29 is 18.7 Å². The molecule has 3 rings (SSSR count). The second-order valence-electron chi connectivity index (χ2n) is 7.18. The largest absolute Gasteiger partial charge is 0.484 e. The Balaban J connectivity index is 1.87. The molecule has 0 aliphatic carbocycles. The fourth-order valence-corrected chi connectivity index (χ4v) is 3.49. The van der Waals surface area contributed by atoms with Gasteiger partial charge in [-0.1, -0.05) is 60.1 Å². The minimum absolute atomic E-state index is 0.135. The summed E-state index contributed by atoms with van der Waals surface area (Å²) >= 11 is 6.33. The summed E-state index contributed by atoms with van der Waals surface area (Å²) in [6.07, 6.45) is 0.327. The number of benzene rings is 3. The first-order chi connectivity index (χ1) is 15.5. The van der Waals surface area contributed by atoms with Crippen molar-refractivity contribution in [1.82, 2.24) is 10.2 Å². The Morgan fingerprint density at radius 2 is 1.66 bits per heavy atom. The highest BCUT2D eigenvalue weighted by molar-refractivity contribution is 6.31. The maximum Gasteiger partial charge on any atom is 0.261 e. The summed E-state index contributed by atoms with van der Waals surface area (Å²) in [4.78, 5) is 27.6. The topological polar surface area (TPSA) is 58.6 Å². The number of carbonyl (C=O) groups is 2. The Bertz CT molecular complexity index is 1040. The minimum Gasteiger partial charge on any atom is -0.484 e. The monoisotopic (exact) mass is 454 g/mol. The van der Waals surface area contributed by atoms with Gasteiger partial charge in [-0.05, 0) is 41.5 Å². The van der Waals surface area contributed by atoms with Crippen LogP contribution in [0.4, 0.5) is 4.39 Å². The van der Waals surface area contributed by atoms with Crippen molar-refractivity contribution in [3.05, 3.63) is 101 Å². The van der Waals surface area contributed by atoms with Gasteiger partial charge in [-0.15, -0.1) is 0 Å². The Morgan fingerprint density at radius 1 is 1.00 bits per heavy atom. The molecule has 5 nitrogen and oxygen atoms in total. The van der Waals surface area contributed by atoms with Crippen LogP contribution in [0.15, 0.2) is 78.9 Å². The molecule has 0 fully saturated rings. The molecule has 0 radical (unpaired) electrons. The lowest BCUT2D eigenvalue weighted by atomic mass is 10.0. The normalized spacial score (nSPS) is 11.5. The summed E-state index contributed by atoms with van der Waals surface area (Å²) in [5, 5.41) is 3.15. The first kappa shape index (κ1) is 23.3. The van der Waals surface area contributed by atoms with Gasteiger partial charge in [0.1, 0.15) is 17.6 Å².